The molecule has 2 nitrogen and oxygen atoms in total. The van der Waals surface area contributed by atoms with Gasteiger partial charge in [0.15, 0.2) is 5.78 Å². The molecule has 0 fully saturated rings. The molecule has 0 heterocycles. The monoisotopic (exact) mass is 297 g/mol. The summed E-state index contributed by atoms with van der Waals surface area (Å²) in [6, 6.07) is 6.33. The first kappa shape index (κ1) is 14.2. The first-order chi connectivity index (χ1) is 7.97. The van der Waals surface area contributed by atoms with Crippen LogP contribution in [0.2, 0.25) is 0 Å². The lowest BCUT2D eigenvalue weighted by Gasteiger charge is -2.28. The van der Waals surface area contributed by atoms with Gasteiger partial charge in [0, 0.05) is 28.8 Å². The number of benzene rings is 1. The Morgan fingerprint density at radius 3 is 2.65 bits per heavy atom. The zero-order valence-corrected chi connectivity index (χ0v) is 12.5. The van der Waals surface area contributed by atoms with Crippen LogP contribution in [0.1, 0.15) is 44.0 Å². The summed E-state index contributed by atoms with van der Waals surface area (Å²) >= 11 is 3.41. The van der Waals surface area contributed by atoms with Crippen LogP contribution in [0.5, 0.6) is 0 Å². The van der Waals surface area contributed by atoms with Crippen molar-refractivity contribution in [2.45, 2.75) is 39.7 Å². The van der Waals surface area contributed by atoms with Gasteiger partial charge < -0.3 is 4.90 Å². The van der Waals surface area contributed by atoms with Crippen molar-refractivity contribution >= 4 is 27.4 Å². The Morgan fingerprint density at radius 1 is 1.47 bits per heavy atom. The van der Waals surface area contributed by atoms with Crippen LogP contribution in [0.15, 0.2) is 22.7 Å². The highest BCUT2D eigenvalue weighted by molar-refractivity contribution is 9.10. The number of ketones is 1. The molecule has 0 amide bonds. The van der Waals surface area contributed by atoms with Crippen molar-refractivity contribution in [3.05, 3.63) is 28.2 Å². The van der Waals surface area contributed by atoms with Crippen molar-refractivity contribution in [2.75, 3.05) is 11.9 Å². The Balaban J connectivity index is 3.08. The van der Waals surface area contributed by atoms with Gasteiger partial charge in [-0.2, -0.15) is 0 Å². The molecule has 0 aliphatic rings. The Bertz CT molecular complexity index is 403. The fraction of sp³-hybridized carbons (Fsp3) is 0.500. The predicted molar refractivity (Wildman–Crippen MR) is 76.9 cm³/mol. The lowest BCUT2D eigenvalue weighted by Crippen LogP contribution is -2.29. The lowest BCUT2D eigenvalue weighted by atomic mass is 10.1. The van der Waals surface area contributed by atoms with Gasteiger partial charge in [0.05, 0.1) is 0 Å². The minimum atomic E-state index is 0.108. The molecule has 0 bridgehead atoms. The van der Waals surface area contributed by atoms with Crippen LogP contribution in [-0.4, -0.2) is 18.9 Å². The maximum absolute atomic E-state index is 11.7. The fourth-order valence-corrected chi connectivity index (χ4v) is 2.31. The molecule has 0 aliphatic heterocycles. The molecular formula is C14H20BrNO. The molecule has 3 heteroatoms. The summed E-state index contributed by atoms with van der Waals surface area (Å²) in [7, 11) is 2.05. The topological polar surface area (TPSA) is 20.3 Å². The maximum Gasteiger partial charge on any atom is 0.161 e. The second-order valence-electron chi connectivity index (χ2n) is 4.47. The molecule has 1 aromatic rings. The largest absolute Gasteiger partial charge is 0.371 e. The van der Waals surface area contributed by atoms with Crippen molar-refractivity contribution in [2.24, 2.45) is 0 Å². The molecule has 1 atom stereocenters. The van der Waals surface area contributed by atoms with E-state index in [4.69, 9.17) is 0 Å². The summed E-state index contributed by atoms with van der Waals surface area (Å²) in [5.74, 6) is 0.108. The number of rotatable bonds is 5. The third-order valence-electron chi connectivity index (χ3n) is 3.09. The van der Waals surface area contributed by atoms with Gasteiger partial charge in [-0.05, 0) is 38.5 Å². The van der Waals surface area contributed by atoms with Crippen molar-refractivity contribution in [1.82, 2.24) is 0 Å². The van der Waals surface area contributed by atoms with E-state index >= 15 is 0 Å². The van der Waals surface area contributed by atoms with Crippen molar-refractivity contribution in [3.63, 3.8) is 0 Å². The third kappa shape index (κ3) is 3.56. The second kappa shape index (κ2) is 6.20. The molecule has 1 aromatic carbocycles. The van der Waals surface area contributed by atoms with E-state index in [0.29, 0.717) is 6.04 Å². The highest BCUT2D eigenvalue weighted by Crippen LogP contribution is 2.26. The van der Waals surface area contributed by atoms with E-state index in [-0.39, 0.29) is 5.78 Å². The Hall–Kier alpha value is -0.830. The maximum atomic E-state index is 11.7. The number of hydrogen-bond acceptors (Lipinski definition) is 2. The van der Waals surface area contributed by atoms with Crippen LogP contribution >= 0.6 is 15.9 Å². The molecule has 17 heavy (non-hydrogen) atoms. The van der Waals surface area contributed by atoms with Gasteiger partial charge in [0.1, 0.15) is 0 Å². The standard InChI is InChI=1S/C14H20BrNO/c1-5-6-10(2)16(4)14-8-7-12(15)9-13(14)11(3)17/h7-10H,5-6H2,1-4H3. The second-order valence-corrected chi connectivity index (χ2v) is 5.38. The van der Waals surface area contributed by atoms with Crippen LogP contribution in [0, 0.1) is 0 Å². The Kier molecular flexibility index (Phi) is 5.19. The van der Waals surface area contributed by atoms with Crippen molar-refractivity contribution < 1.29 is 4.79 Å². The average Bonchev–Trinajstić information content (AvgIpc) is 2.28. The number of hydrogen-bond donors (Lipinski definition) is 0. The molecule has 0 aliphatic carbocycles. The summed E-state index contributed by atoms with van der Waals surface area (Å²) in [5, 5.41) is 0. The normalized spacial score (nSPS) is 12.3. The van der Waals surface area contributed by atoms with Gasteiger partial charge in [0.25, 0.3) is 0 Å². The van der Waals surface area contributed by atoms with E-state index in [0.717, 1.165) is 28.6 Å². The van der Waals surface area contributed by atoms with Gasteiger partial charge in [-0.1, -0.05) is 29.3 Å². The molecule has 0 radical (unpaired) electrons. The van der Waals surface area contributed by atoms with Crippen LogP contribution in [-0.2, 0) is 0 Å². The van der Waals surface area contributed by atoms with Crippen molar-refractivity contribution in [1.29, 1.82) is 0 Å². The highest BCUT2D eigenvalue weighted by Gasteiger charge is 2.15. The number of anilines is 1. The van der Waals surface area contributed by atoms with Crippen LogP contribution in [0.3, 0.4) is 0 Å². The summed E-state index contributed by atoms with van der Waals surface area (Å²) in [4.78, 5) is 13.8. The molecule has 0 aromatic heterocycles. The van der Waals surface area contributed by atoms with E-state index < -0.39 is 0 Å². The fourth-order valence-electron chi connectivity index (χ4n) is 1.95. The van der Waals surface area contributed by atoms with Crippen molar-refractivity contribution in [3.8, 4) is 0 Å². The van der Waals surface area contributed by atoms with E-state index in [2.05, 4.69) is 41.7 Å². The molecule has 0 saturated carbocycles. The van der Waals surface area contributed by atoms with Gasteiger partial charge in [-0.3, -0.25) is 4.79 Å². The molecule has 94 valence electrons. The molecule has 1 rings (SSSR count). The third-order valence-corrected chi connectivity index (χ3v) is 3.58. The zero-order chi connectivity index (χ0) is 13.0. The minimum Gasteiger partial charge on any atom is -0.371 e. The Morgan fingerprint density at radius 2 is 2.12 bits per heavy atom. The lowest BCUT2D eigenvalue weighted by molar-refractivity contribution is 0.101. The molecule has 0 saturated heterocycles. The summed E-state index contributed by atoms with van der Waals surface area (Å²) < 4.78 is 0.947. The van der Waals surface area contributed by atoms with E-state index in [9.17, 15) is 4.79 Å². The van der Waals surface area contributed by atoms with Crippen LogP contribution in [0.4, 0.5) is 5.69 Å². The smallest absolute Gasteiger partial charge is 0.161 e. The van der Waals surface area contributed by atoms with Crippen LogP contribution < -0.4 is 4.90 Å². The summed E-state index contributed by atoms with van der Waals surface area (Å²) in [6.45, 7) is 5.98. The van der Waals surface area contributed by atoms with E-state index in [1.54, 1.807) is 6.92 Å². The minimum absolute atomic E-state index is 0.108. The van der Waals surface area contributed by atoms with E-state index in [1.165, 1.54) is 0 Å². The summed E-state index contributed by atoms with van der Waals surface area (Å²) in [5.41, 5.74) is 1.80. The first-order valence-electron chi connectivity index (χ1n) is 6.00. The molecule has 0 spiro atoms. The van der Waals surface area contributed by atoms with Gasteiger partial charge in [-0.15, -0.1) is 0 Å². The number of halogens is 1. The van der Waals surface area contributed by atoms with Gasteiger partial charge in [0.2, 0.25) is 0 Å². The van der Waals surface area contributed by atoms with Gasteiger partial charge >= 0.3 is 0 Å². The van der Waals surface area contributed by atoms with E-state index in [1.807, 2.05) is 18.2 Å². The molecular weight excluding hydrogens is 278 g/mol. The molecule has 1 unspecified atom stereocenters. The Labute approximate surface area is 112 Å². The number of nitrogens with zero attached hydrogens (tertiary/aromatic N) is 1. The first-order valence-corrected chi connectivity index (χ1v) is 6.80. The molecule has 0 N–H and O–H groups in total. The van der Waals surface area contributed by atoms with Gasteiger partial charge in [-0.25, -0.2) is 0 Å². The summed E-state index contributed by atoms with van der Waals surface area (Å²) in [6.07, 6.45) is 2.28. The SMILES string of the molecule is CCCC(C)N(C)c1ccc(Br)cc1C(C)=O. The average molecular weight is 298 g/mol. The number of Topliss-reactive ketones (excluding diaryl/α,β-unsaturated/α-hetero) is 1. The highest BCUT2D eigenvalue weighted by atomic mass is 79.9. The predicted octanol–water partition coefficient (Wildman–Crippen LogP) is 4.28. The number of carbonyl (C=O) groups excluding carboxylic acids is 1. The number of carbonyl (C=O) groups is 1. The van der Waals surface area contributed by atoms with Crippen LogP contribution in [0.25, 0.3) is 0 Å². The zero-order valence-electron chi connectivity index (χ0n) is 11.0. The quantitative estimate of drug-likeness (QED) is 0.756.